The fourth-order valence-corrected chi connectivity index (χ4v) is 4.39. The van der Waals surface area contributed by atoms with Gasteiger partial charge in [-0.2, -0.15) is 0 Å². The predicted molar refractivity (Wildman–Crippen MR) is 113 cm³/mol. The molecule has 8 heteroatoms. The molecule has 0 unspecified atom stereocenters. The van der Waals surface area contributed by atoms with Gasteiger partial charge in [0.1, 0.15) is 10.9 Å². The third-order valence-corrected chi connectivity index (χ3v) is 6.17. The summed E-state index contributed by atoms with van der Waals surface area (Å²) in [6, 6.07) is 9.12. The van der Waals surface area contributed by atoms with Crippen LogP contribution < -0.4 is 15.5 Å². The Bertz CT molecular complexity index is 1030. The lowest BCUT2D eigenvalue weighted by molar-refractivity contribution is -0.116. The number of ether oxygens (including phenoxy) is 1. The number of benzene rings is 1. The fraction of sp³-hybridized carbons (Fsp3) is 0.250. The van der Waals surface area contributed by atoms with Gasteiger partial charge in [-0.05, 0) is 26.0 Å². The number of aryl methyl sites for hydroxylation is 2. The molecule has 0 saturated carbocycles. The molecule has 2 aromatic heterocycles. The van der Waals surface area contributed by atoms with E-state index in [-0.39, 0.29) is 23.6 Å². The predicted octanol–water partition coefficient (Wildman–Crippen LogP) is 3.86. The molecular weight excluding hydrogens is 394 g/mol. The Labute approximate surface area is 171 Å². The molecule has 0 aliphatic heterocycles. The van der Waals surface area contributed by atoms with E-state index in [2.05, 4.69) is 10.3 Å². The van der Waals surface area contributed by atoms with Gasteiger partial charge < -0.3 is 14.6 Å². The minimum absolute atomic E-state index is 0.0807. The highest BCUT2D eigenvalue weighted by Gasteiger charge is 2.12. The number of nitrogens with zero attached hydrogens (tertiary/aromatic N) is 2. The zero-order chi connectivity index (χ0) is 20.1. The topological polar surface area (TPSA) is 73.2 Å². The number of methoxy groups -OCH3 is 1. The summed E-state index contributed by atoms with van der Waals surface area (Å²) in [5, 5.41) is 4.86. The summed E-state index contributed by atoms with van der Waals surface area (Å²) in [7, 11) is 1.44. The van der Waals surface area contributed by atoms with Crippen molar-refractivity contribution in [3.63, 3.8) is 0 Å². The van der Waals surface area contributed by atoms with Crippen molar-refractivity contribution in [3.05, 3.63) is 69.1 Å². The number of thiazole rings is 1. The Hall–Kier alpha value is -2.58. The molecule has 146 valence electrons. The first-order valence-electron chi connectivity index (χ1n) is 8.63. The molecule has 0 aliphatic carbocycles. The van der Waals surface area contributed by atoms with Crippen LogP contribution in [0.5, 0.6) is 5.75 Å². The van der Waals surface area contributed by atoms with Crippen LogP contribution in [0.15, 0.2) is 51.0 Å². The summed E-state index contributed by atoms with van der Waals surface area (Å²) >= 11 is 3.10. The Morgan fingerprint density at radius 2 is 2.04 bits per heavy atom. The van der Waals surface area contributed by atoms with Gasteiger partial charge in [0.2, 0.25) is 11.3 Å². The van der Waals surface area contributed by atoms with E-state index in [9.17, 15) is 9.59 Å². The average Bonchev–Trinajstić information content (AvgIpc) is 3.08. The number of anilines is 1. The molecular formula is C20H21N3O3S2. The lowest BCUT2D eigenvalue weighted by Crippen LogP contribution is -2.22. The maximum atomic E-state index is 12.5. The number of nitrogens with one attached hydrogen (secondary N) is 1. The minimum Gasteiger partial charge on any atom is -0.491 e. The van der Waals surface area contributed by atoms with Crippen molar-refractivity contribution < 1.29 is 9.53 Å². The fourth-order valence-electron chi connectivity index (χ4n) is 2.54. The molecule has 28 heavy (non-hydrogen) atoms. The molecule has 1 aromatic carbocycles. The molecule has 6 nitrogen and oxygen atoms in total. The van der Waals surface area contributed by atoms with Gasteiger partial charge in [0, 0.05) is 34.3 Å². The largest absolute Gasteiger partial charge is 0.491 e. The Morgan fingerprint density at radius 1 is 1.29 bits per heavy atom. The van der Waals surface area contributed by atoms with Gasteiger partial charge in [0.25, 0.3) is 0 Å². The third kappa shape index (κ3) is 5.24. The molecule has 0 fully saturated rings. The van der Waals surface area contributed by atoms with Crippen molar-refractivity contribution in [2.24, 2.45) is 0 Å². The van der Waals surface area contributed by atoms with Crippen molar-refractivity contribution >= 4 is 34.7 Å². The van der Waals surface area contributed by atoms with Gasteiger partial charge in [0.15, 0.2) is 5.75 Å². The van der Waals surface area contributed by atoms with Crippen molar-refractivity contribution in [3.8, 4) is 5.75 Å². The SMILES string of the molecule is COc1cn(CC(=O)Nc2ccc(C)cc2)c(CSc2nc(C)cs2)cc1=O. The molecule has 0 spiro atoms. The summed E-state index contributed by atoms with van der Waals surface area (Å²) in [5.41, 5.74) is 3.36. The van der Waals surface area contributed by atoms with Crippen molar-refractivity contribution in [2.75, 3.05) is 12.4 Å². The number of rotatable bonds is 7. The number of thioether (sulfide) groups is 1. The standard InChI is InChI=1S/C20H21N3O3S2/c1-13-4-6-15(7-5-13)22-19(25)10-23-9-18(26-3)17(24)8-16(23)12-28-20-21-14(2)11-27-20/h4-9,11H,10,12H2,1-3H3,(H,22,25). The number of pyridine rings is 1. The zero-order valence-corrected chi connectivity index (χ0v) is 17.5. The van der Waals surface area contributed by atoms with Gasteiger partial charge in [0.05, 0.1) is 13.3 Å². The number of amides is 1. The van der Waals surface area contributed by atoms with Crippen LogP contribution in [0.4, 0.5) is 5.69 Å². The lowest BCUT2D eigenvalue weighted by Gasteiger charge is -2.14. The van der Waals surface area contributed by atoms with E-state index < -0.39 is 0 Å². The maximum absolute atomic E-state index is 12.5. The van der Waals surface area contributed by atoms with Crippen LogP contribution >= 0.6 is 23.1 Å². The second-order valence-electron chi connectivity index (χ2n) is 6.28. The van der Waals surface area contributed by atoms with Gasteiger partial charge in [-0.15, -0.1) is 11.3 Å². The van der Waals surface area contributed by atoms with Gasteiger partial charge in [-0.25, -0.2) is 4.98 Å². The van der Waals surface area contributed by atoms with Crippen molar-refractivity contribution in [1.82, 2.24) is 9.55 Å². The number of carbonyl (C=O) groups is 1. The average molecular weight is 416 g/mol. The molecule has 0 atom stereocenters. The Morgan fingerprint density at radius 3 is 2.68 bits per heavy atom. The highest BCUT2D eigenvalue weighted by molar-refractivity contribution is 8.00. The molecule has 3 rings (SSSR count). The first-order valence-corrected chi connectivity index (χ1v) is 10.5. The normalized spacial score (nSPS) is 10.7. The van der Waals surface area contributed by atoms with E-state index in [1.54, 1.807) is 22.1 Å². The second-order valence-corrected chi connectivity index (χ2v) is 8.36. The molecule has 0 saturated heterocycles. The lowest BCUT2D eigenvalue weighted by atomic mass is 10.2. The van der Waals surface area contributed by atoms with Gasteiger partial charge in [-0.3, -0.25) is 9.59 Å². The number of hydrogen-bond donors (Lipinski definition) is 1. The third-order valence-electron chi connectivity index (χ3n) is 3.99. The number of aromatic nitrogens is 2. The molecule has 0 radical (unpaired) electrons. The van der Waals surface area contributed by atoms with Crippen molar-refractivity contribution in [2.45, 2.75) is 30.5 Å². The summed E-state index contributed by atoms with van der Waals surface area (Å²) in [6.07, 6.45) is 1.58. The summed E-state index contributed by atoms with van der Waals surface area (Å²) < 4.78 is 7.81. The second kappa shape index (κ2) is 9.07. The molecule has 1 amide bonds. The highest BCUT2D eigenvalue weighted by atomic mass is 32.2. The van der Waals surface area contributed by atoms with E-state index in [1.165, 1.54) is 24.9 Å². The number of carbonyl (C=O) groups excluding carboxylic acids is 1. The summed E-state index contributed by atoms with van der Waals surface area (Å²) in [4.78, 5) is 29.1. The first-order chi connectivity index (χ1) is 13.4. The zero-order valence-electron chi connectivity index (χ0n) is 15.9. The van der Waals surface area contributed by atoms with Crippen LogP contribution in [0.3, 0.4) is 0 Å². The van der Waals surface area contributed by atoms with Crippen LogP contribution in [0.1, 0.15) is 17.0 Å². The van der Waals surface area contributed by atoms with E-state index >= 15 is 0 Å². The maximum Gasteiger partial charge on any atom is 0.244 e. The molecule has 0 bridgehead atoms. The quantitative estimate of drug-likeness (QED) is 0.593. The van der Waals surface area contributed by atoms with Crippen LogP contribution in [0.25, 0.3) is 0 Å². The summed E-state index contributed by atoms with van der Waals surface area (Å²) in [5.74, 6) is 0.567. The van der Waals surface area contributed by atoms with E-state index in [4.69, 9.17) is 4.74 Å². The van der Waals surface area contributed by atoms with Gasteiger partial charge in [-0.1, -0.05) is 29.5 Å². The van der Waals surface area contributed by atoms with Crippen LogP contribution in [0.2, 0.25) is 0 Å². The van der Waals surface area contributed by atoms with E-state index in [1.807, 2.05) is 43.5 Å². The van der Waals surface area contributed by atoms with E-state index in [0.717, 1.165) is 27.0 Å². The minimum atomic E-state index is -0.205. The Kier molecular flexibility index (Phi) is 6.53. The smallest absolute Gasteiger partial charge is 0.244 e. The first kappa shape index (κ1) is 20.2. The highest BCUT2D eigenvalue weighted by Crippen LogP contribution is 2.26. The summed E-state index contributed by atoms with van der Waals surface area (Å²) in [6.45, 7) is 4.02. The van der Waals surface area contributed by atoms with E-state index in [0.29, 0.717) is 5.75 Å². The van der Waals surface area contributed by atoms with Crippen LogP contribution in [0, 0.1) is 13.8 Å². The molecule has 0 aliphatic rings. The van der Waals surface area contributed by atoms with Crippen molar-refractivity contribution in [1.29, 1.82) is 0 Å². The molecule has 1 N–H and O–H groups in total. The van der Waals surface area contributed by atoms with Crippen LogP contribution in [-0.2, 0) is 17.1 Å². The number of hydrogen-bond acceptors (Lipinski definition) is 6. The van der Waals surface area contributed by atoms with Gasteiger partial charge >= 0.3 is 0 Å². The molecule has 2 heterocycles. The Balaban J connectivity index is 1.77. The van der Waals surface area contributed by atoms with Crippen LogP contribution in [-0.4, -0.2) is 22.6 Å². The molecule has 3 aromatic rings. The monoisotopic (exact) mass is 415 g/mol.